The van der Waals surface area contributed by atoms with Crippen LogP contribution in [0, 0.1) is 0 Å². The van der Waals surface area contributed by atoms with Crippen molar-refractivity contribution in [2.75, 3.05) is 41.3 Å². The summed E-state index contributed by atoms with van der Waals surface area (Å²) in [6, 6.07) is 16.3. The fraction of sp³-hybridized carbons (Fsp3) is 0.233. The van der Waals surface area contributed by atoms with Crippen molar-refractivity contribution in [2.45, 2.75) is 12.1 Å². The zero-order valence-electron chi connectivity index (χ0n) is 24.9. The lowest BCUT2D eigenvalue weighted by Gasteiger charge is -2.15. The monoisotopic (exact) mass is 621 g/mol. The summed E-state index contributed by atoms with van der Waals surface area (Å²) in [7, 11) is 7.48. The number of aromatic nitrogens is 3. The first kappa shape index (κ1) is 31.7. The highest BCUT2D eigenvalue weighted by Gasteiger charge is 2.21. The molecule has 0 aliphatic heterocycles. The summed E-state index contributed by atoms with van der Waals surface area (Å²) in [6.45, 7) is 1.28. The largest absolute Gasteiger partial charge is 0.493 e. The van der Waals surface area contributed by atoms with Crippen LogP contribution in [0.1, 0.15) is 12.5 Å². The SMILES string of the molecule is COc1cc(-c2nnc(SCC(=O)NN=Cc3cc(OC)c(OC(C)=O)c(OC)c3)n2-c2ccccc2)cc(OC)c1OC. The molecule has 1 N–H and O–H groups in total. The van der Waals surface area contributed by atoms with E-state index in [4.69, 9.17) is 28.4 Å². The molecule has 4 rings (SSSR count). The van der Waals surface area contributed by atoms with E-state index in [0.29, 0.717) is 39.4 Å². The van der Waals surface area contributed by atoms with Gasteiger partial charge in [-0.1, -0.05) is 30.0 Å². The quantitative estimate of drug-likeness (QED) is 0.0756. The molecule has 0 spiro atoms. The van der Waals surface area contributed by atoms with Gasteiger partial charge < -0.3 is 28.4 Å². The number of ether oxygens (including phenoxy) is 6. The van der Waals surface area contributed by atoms with Gasteiger partial charge in [0.25, 0.3) is 5.91 Å². The van der Waals surface area contributed by atoms with E-state index in [1.807, 2.05) is 34.9 Å². The molecule has 0 fully saturated rings. The van der Waals surface area contributed by atoms with Crippen molar-refractivity contribution in [3.05, 3.63) is 60.2 Å². The van der Waals surface area contributed by atoms with Gasteiger partial charge in [-0.3, -0.25) is 14.2 Å². The topological polar surface area (TPSA) is 145 Å². The number of methoxy groups -OCH3 is 5. The third-order valence-electron chi connectivity index (χ3n) is 6.03. The molecule has 13 nitrogen and oxygen atoms in total. The van der Waals surface area contributed by atoms with Crippen LogP contribution in [0.15, 0.2) is 64.9 Å². The molecule has 230 valence electrons. The number of para-hydroxylation sites is 1. The fourth-order valence-corrected chi connectivity index (χ4v) is 4.87. The lowest BCUT2D eigenvalue weighted by molar-refractivity contribution is -0.132. The van der Waals surface area contributed by atoms with E-state index in [-0.39, 0.29) is 28.9 Å². The predicted molar refractivity (Wildman–Crippen MR) is 164 cm³/mol. The van der Waals surface area contributed by atoms with Crippen LogP contribution in [0.5, 0.6) is 34.5 Å². The minimum atomic E-state index is -0.522. The second-order valence-corrected chi connectivity index (χ2v) is 9.76. The molecular formula is C30H31N5O8S. The standard InChI is InChI=1S/C30H31N5O8S/c1-18(36)43-28-22(38-2)12-19(13-23(28)39-3)16-31-32-26(37)17-44-30-34-33-29(35(30)21-10-8-7-9-11-21)20-14-24(40-4)27(42-6)25(15-20)41-5/h7-16H,17H2,1-6H3,(H,32,37). The van der Waals surface area contributed by atoms with Gasteiger partial charge in [0.05, 0.1) is 47.5 Å². The number of esters is 1. The van der Waals surface area contributed by atoms with Crippen molar-refractivity contribution in [1.29, 1.82) is 0 Å². The minimum Gasteiger partial charge on any atom is -0.493 e. The molecule has 44 heavy (non-hydrogen) atoms. The highest BCUT2D eigenvalue weighted by Crippen LogP contribution is 2.42. The van der Waals surface area contributed by atoms with Crippen molar-refractivity contribution in [3.8, 4) is 51.6 Å². The number of hydrogen-bond donors (Lipinski definition) is 1. The van der Waals surface area contributed by atoms with Crippen LogP contribution in [0.25, 0.3) is 17.1 Å². The van der Waals surface area contributed by atoms with Gasteiger partial charge in [-0.25, -0.2) is 5.43 Å². The summed E-state index contributed by atoms with van der Waals surface area (Å²) >= 11 is 1.19. The summed E-state index contributed by atoms with van der Waals surface area (Å²) < 4.78 is 34.2. The maximum atomic E-state index is 12.7. The molecule has 0 bridgehead atoms. The molecule has 0 saturated carbocycles. The van der Waals surface area contributed by atoms with Crippen molar-refractivity contribution < 1.29 is 38.0 Å². The minimum absolute atomic E-state index is 0.00437. The van der Waals surface area contributed by atoms with Crippen molar-refractivity contribution in [2.24, 2.45) is 5.10 Å². The van der Waals surface area contributed by atoms with E-state index in [1.54, 1.807) is 24.3 Å². The summed E-state index contributed by atoms with van der Waals surface area (Å²) in [6.07, 6.45) is 1.42. The second kappa shape index (κ2) is 14.8. The number of thioether (sulfide) groups is 1. The molecule has 0 radical (unpaired) electrons. The molecule has 0 atom stereocenters. The summed E-state index contributed by atoms with van der Waals surface area (Å²) in [5.41, 5.74) is 4.51. The van der Waals surface area contributed by atoms with E-state index in [2.05, 4.69) is 20.7 Å². The summed E-state index contributed by atoms with van der Waals surface area (Å²) in [5.74, 6) is 1.68. The Bertz CT molecular complexity index is 1610. The van der Waals surface area contributed by atoms with Crippen LogP contribution in [-0.4, -0.2) is 74.2 Å². The molecule has 1 heterocycles. The Morgan fingerprint density at radius 2 is 1.43 bits per heavy atom. The smallest absolute Gasteiger partial charge is 0.308 e. The second-order valence-electron chi connectivity index (χ2n) is 8.82. The normalized spacial score (nSPS) is 10.8. The Kier molecular flexibility index (Phi) is 10.6. The molecule has 14 heteroatoms. The van der Waals surface area contributed by atoms with Crippen molar-refractivity contribution >= 4 is 29.9 Å². The van der Waals surface area contributed by atoms with Crippen LogP contribution >= 0.6 is 11.8 Å². The average molecular weight is 622 g/mol. The van der Waals surface area contributed by atoms with Gasteiger partial charge in [0.15, 0.2) is 34.0 Å². The molecule has 1 aromatic heterocycles. The number of benzene rings is 3. The Morgan fingerprint density at radius 1 is 0.841 bits per heavy atom. The molecular weight excluding hydrogens is 590 g/mol. The van der Waals surface area contributed by atoms with Gasteiger partial charge in [-0.05, 0) is 36.4 Å². The van der Waals surface area contributed by atoms with Crippen LogP contribution < -0.4 is 33.8 Å². The Labute approximate surface area is 258 Å². The van der Waals surface area contributed by atoms with Gasteiger partial charge in [0.1, 0.15) is 0 Å². The lowest BCUT2D eigenvalue weighted by atomic mass is 10.1. The molecule has 3 aromatic carbocycles. The Morgan fingerprint density at radius 3 is 1.98 bits per heavy atom. The van der Waals surface area contributed by atoms with E-state index in [0.717, 1.165) is 5.69 Å². The van der Waals surface area contributed by atoms with Gasteiger partial charge in [-0.15, -0.1) is 10.2 Å². The fourth-order valence-electron chi connectivity index (χ4n) is 4.13. The number of rotatable bonds is 13. The maximum absolute atomic E-state index is 12.7. The first-order valence-corrected chi connectivity index (χ1v) is 14.0. The van der Waals surface area contributed by atoms with E-state index in [1.165, 1.54) is 60.4 Å². The van der Waals surface area contributed by atoms with Gasteiger partial charge in [-0.2, -0.15) is 5.10 Å². The zero-order valence-corrected chi connectivity index (χ0v) is 25.8. The number of carbonyl (C=O) groups excluding carboxylic acids is 2. The molecule has 0 unspecified atom stereocenters. The van der Waals surface area contributed by atoms with Crippen LogP contribution in [0.3, 0.4) is 0 Å². The van der Waals surface area contributed by atoms with Crippen LogP contribution in [0.2, 0.25) is 0 Å². The van der Waals surface area contributed by atoms with E-state index in [9.17, 15) is 9.59 Å². The van der Waals surface area contributed by atoms with Crippen molar-refractivity contribution in [1.82, 2.24) is 20.2 Å². The molecule has 4 aromatic rings. The van der Waals surface area contributed by atoms with Gasteiger partial charge in [0.2, 0.25) is 11.5 Å². The first-order chi connectivity index (χ1) is 21.3. The summed E-state index contributed by atoms with van der Waals surface area (Å²) in [4.78, 5) is 24.2. The maximum Gasteiger partial charge on any atom is 0.308 e. The molecule has 1 amide bonds. The Balaban J connectivity index is 1.55. The first-order valence-electron chi connectivity index (χ1n) is 13.0. The number of amides is 1. The predicted octanol–water partition coefficient (Wildman–Crippen LogP) is 4.15. The molecule has 0 aliphatic carbocycles. The van der Waals surface area contributed by atoms with Gasteiger partial charge >= 0.3 is 5.97 Å². The number of hydrazone groups is 1. The number of nitrogens with zero attached hydrogens (tertiary/aromatic N) is 4. The summed E-state index contributed by atoms with van der Waals surface area (Å²) in [5, 5.41) is 13.3. The number of carbonyl (C=O) groups is 2. The van der Waals surface area contributed by atoms with E-state index >= 15 is 0 Å². The van der Waals surface area contributed by atoms with E-state index < -0.39 is 5.97 Å². The lowest BCUT2D eigenvalue weighted by Crippen LogP contribution is -2.20. The van der Waals surface area contributed by atoms with Gasteiger partial charge in [0, 0.05) is 23.7 Å². The number of hydrogen-bond acceptors (Lipinski definition) is 12. The van der Waals surface area contributed by atoms with Crippen molar-refractivity contribution in [3.63, 3.8) is 0 Å². The van der Waals surface area contributed by atoms with Crippen LogP contribution in [-0.2, 0) is 9.59 Å². The molecule has 0 saturated heterocycles. The van der Waals surface area contributed by atoms with Crippen LogP contribution in [0.4, 0.5) is 0 Å². The zero-order chi connectivity index (χ0) is 31.6. The Hall–Kier alpha value is -5.24. The number of nitrogens with one attached hydrogen (secondary N) is 1. The third kappa shape index (κ3) is 7.21. The third-order valence-corrected chi connectivity index (χ3v) is 6.96. The highest BCUT2D eigenvalue weighted by atomic mass is 32.2. The molecule has 0 aliphatic rings. The highest BCUT2D eigenvalue weighted by molar-refractivity contribution is 7.99. The average Bonchev–Trinajstić information content (AvgIpc) is 3.47.